The van der Waals surface area contributed by atoms with E-state index in [9.17, 15) is 4.79 Å². The van der Waals surface area contributed by atoms with Crippen molar-refractivity contribution in [3.05, 3.63) is 36.2 Å². The summed E-state index contributed by atoms with van der Waals surface area (Å²) in [4.78, 5) is 14.7. The third-order valence-electron chi connectivity index (χ3n) is 1.94. The highest BCUT2D eigenvalue weighted by atomic mass is 16.4. The molecule has 76 valence electrons. The maximum absolute atomic E-state index is 10.7. The zero-order valence-corrected chi connectivity index (χ0v) is 8.08. The largest absolute Gasteiger partial charge is 0.477 e. The average molecular weight is 203 g/mol. The molecule has 0 saturated carbocycles. The van der Waals surface area contributed by atoms with Gasteiger partial charge in [-0.25, -0.2) is 9.78 Å². The Kier molecular flexibility index (Phi) is 2.21. The van der Waals surface area contributed by atoms with Gasteiger partial charge in [0, 0.05) is 13.2 Å². The molecule has 2 rings (SSSR count). The molecule has 0 atom stereocenters. The second-order valence-corrected chi connectivity index (χ2v) is 3.09. The number of hydrogen-bond acceptors (Lipinski definition) is 3. The van der Waals surface area contributed by atoms with Crippen LogP contribution < -0.4 is 0 Å². The molecular formula is C10H9N3O2. The minimum Gasteiger partial charge on any atom is -0.477 e. The monoisotopic (exact) mass is 203 g/mol. The number of hydrogen-bond donors (Lipinski definition) is 1. The molecule has 0 spiro atoms. The molecule has 0 bridgehead atoms. The van der Waals surface area contributed by atoms with Crippen molar-refractivity contribution in [1.82, 2.24) is 14.8 Å². The summed E-state index contributed by atoms with van der Waals surface area (Å²) in [7, 11) is 1.80. The van der Waals surface area contributed by atoms with Crippen LogP contribution in [0.25, 0.3) is 11.4 Å². The van der Waals surface area contributed by atoms with Crippen molar-refractivity contribution < 1.29 is 9.90 Å². The number of carbonyl (C=O) groups is 1. The van der Waals surface area contributed by atoms with Gasteiger partial charge < -0.3 is 5.11 Å². The van der Waals surface area contributed by atoms with Crippen molar-refractivity contribution in [2.45, 2.75) is 0 Å². The van der Waals surface area contributed by atoms with Gasteiger partial charge in [0.2, 0.25) is 0 Å². The van der Waals surface area contributed by atoms with E-state index in [2.05, 4.69) is 10.1 Å². The molecule has 1 N–H and O–H groups in total. The molecule has 15 heavy (non-hydrogen) atoms. The summed E-state index contributed by atoms with van der Waals surface area (Å²) in [5, 5.41) is 12.9. The Bertz CT molecular complexity index is 505. The van der Waals surface area contributed by atoms with Gasteiger partial charge in [-0.1, -0.05) is 6.07 Å². The van der Waals surface area contributed by atoms with Crippen LogP contribution in [0.1, 0.15) is 10.5 Å². The van der Waals surface area contributed by atoms with Crippen molar-refractivity contribution in [1.29, 1.82) is 0 Å². The fourth-order valence-corrected chi connectivity index (χ4v) is 1.25. The molecule has 0 aliphatic rings. The third kappa shape index (κ3) is 1.85. The molecule has 0 amide bonds. The van der Waals surface area contributed by atoms with Gasteiger partial charge >= 0.3 is 5.97 Å². The summed E-state index contributed by atoms with van der Waals surface area (Å²) >= 11 is 0. The van der Waals surface area contributed by atoms with Crippen molar-refractivity contribution in [3.63, 3.8) is 0 Å². The fourth-order valence-electron chi connectivity index (χ4n) is 1.25. The fraction of sp³-hybridized carbons (Fsp3) is 0.100. The predicted octanol–water partition coefficient (Wildman–Crippen LogP) is 1.18. The molecule has 0 aliphatic heterocycles. The summed E-state index contributed by atoms with van der Waals surface area (Å²) in [5.74, 6) is -1.03. The maximum atomic E-state index is 10.7. The second kappa shape index (κ2) is 3.53. The van der Waals surface area contributed by atoms with Gasteiger partial charge in [-0.2, -0.15) is 5.10 Å². The highest BCUT2D eigenvalue weighted by Gasteiger charge is 2.07. The molecular weight excluding hydrogens is 194 g/mol. The van der Waals surface area contributed by atoms with Crippen LogP contribution in [0.5, 0.6) is 0 Å². The third-order valence-corrected chi connectivity index (χ3v) is 1.94. The topological polar surface area (TPSA) is 68.0 Å². The number of nitrogens with zero attached hydrogens (tertiary/aromatic N) is 3. The SMILES string of the molecule is Cn1ccc(-c2cccc(C(=O)O)n2)n1. The molecule has 0 aromatic carbocycles. The van der Waals surface area contributed by atoms with E-state index in [0.717, 1.165) is 0 Å². The average Bonchev–Trinajstić information content (AvgIpc) is 2.65. The van der Waals surface area contributed by atoms with E-state index in [0.29, 0.717) is 11.4 Å². The first-order valence-corrected chi connectivity index (χ1v) is 4.37. The van der Waals surface area contributed by atoms with E-state index >= 15 is 0 Å². The Hall–Kier alpha value is -2.17. The Balaban J connectivity index is 2.45. The van der Waals surface area contributed by atoms with Gasteiger partial charge in [0.15, 0.2) is 0 Å². The smallest absolute Gasteiger partial charge is 0.354 e. The second-order valence-electron chi connectivity index (χ2n) is 3.09. The molecule has 2 aromatic rings. The van der Waals surface area contributed by atoms with E-state index in [1.807, 2.05) is 0 Å². The predicted molar refractivity (Wildman–Crippen MR) is 53.4 cm³/mol. The Morgan fingerprint density at radius 2 is 2.13 bits per heavy atom. The Morgan fingerprint density at radius 3 is 2.73 bits per heavy atom. The number of aromatic nitrogens is 3. The molecule has 2 heterocycles. The summed E-state index contributed by atoms with van der Waals surface area (Å²) in [5.41, 5.74) is 1.26. The zero-order chi connectivity index (χ0) is 10.8. The lowest BCUT2D eigenvalue weighted by Gasteiger charge is -1.97. The first-order chi connectivity index (χ1) is 7.16. The van der Waals surface area contributed by atoms with Crippen LogP contribution in [-0.2, 0) is 7.05 Å². The van der Waals surface area contributed by atoms with Gasteiger partial charge in [-0.3, -0.25) is 4.68 Å². The molecule has 2 aromatic heterocycles. The van der Waals surface area contributed by atoms with Crippen LogP contribution in [-0.4, -0.2) is 25.8 Å². The van der Waals surface area contributed by atoms with Gasteiger partial charge in [0.05, 0.1) is 5.69 Å². The molecule has 0 unspecified atom stereocenters. The Morgan fingerprint density at radius 1 is 1.33 bits per heavy atom. The zero-order valence-electron chi connectivity index (χ0n) is 8.08. The molecule has 0 radical (unpaired) electrons. The highest BCUT2D eigenvalue weighted by Crippen LogP contribution is 2.13. The summed E-state index contributed by atoms with van der Waals surface area (Å²) in [6, 6.07) is 6.62. The van der Waals surface area contributed by atoms with Gasteiger partial charge in [0.25, 0.3) is 0 Å². The lowest BCUT2D eigenvalue weighted by molar-refractivity contribution is 0.0690. The standard InChI is InChI=1S/C10H9N3O2/c1-13-6-5-8(12-13)7-3-2-4-9(11-7)10(14)15/h2-6H,1H3,(H,14,15). The molecule has 0 saturated heterocycles. The van der Waals surface area contributed by atoms with Gasteiger partial charge in [-0.15, -0.1) is 0 Å². The van der Waals surface area contributed by atoms with E-state index < -0.39 is 5.97 Å². The first kappa shape index (κ1) is 9.39. The van der Waals surface area contributed by atoms with Gasteiger partial charge in [-0.05, 0) is 18.2 Å². The van der Waals surface area contributed by atoms with Crippen molar-refractivity contribution in [2.75, 3.05) is 0 Å². The van der Waals surface area contributed by atoms with E-state index in [-0.39, 0.29) is 5.69 Å². The number of pyridine rings is 1. The Labute approximate surface area is 86.0 Å². The molecule has 0 fully saturated rings. The lowest BCUT2D eigenvalue weighted by Crippen LogP contribution is -2.00. The van der Waals surface area contributed by atoms with E-state index in [1.54, 1.807) is 36.1 Å². The van der Waals surface area contributed by atoms with Crippen LogP contribution in [0.2, 0.25) is 0 Å². The quantitative estimate of drug-likeness (QED) is 0.795. The van der Waals surface area contributed by atoms with Crippen molar-refractivity contribution in [2.24, 2.45) is 7.05 Å². The van der Waals surface area contributed by atoms with Crippen LogP contribution in [0.15, 0.2) is 30.5 Å². The molecule has 0 aliphatic carbocycles. The summed E-state index contributed by atoms with van der Waals surface area (Å²) in [6.07, 6.45) is 1.78. The van der Waals surface area contributed by atoms with E-state index in [1.165, 1.54) is 6.07 Å². The van der Waals surface area contributed by atoms with Crippen LogP contribution in [0.3, 0.4) is 0 Å². The number of aromatic carboxylic acids is 1. The van der Waals surface area contributed by atoms with Crippen LogP contribution in [0.4, 0.5) is 0 Å². The normalized spacial score (nSPS) is 10.2. The number of aryl methyl sites for hydroxylation is 1. The number of carboxylic acids is 1. The molecule has 5 heteroatoms. The summed E-state index contributed by atoms with van der Waals surface area (Å²) < 4.78 is 1.64. The highest BCUT2D eigenvalue weighted by molar-refractivity contribution is 5.85. The first-order valence-electron chi connectivity index (χ1n) is 4.37. The number of carboxylic acid groups (broad SMARTS) is 1. The van der Waals surface area contributed by atoms with Crippen LogP contribution >= 0.6 is 0 Å². The summed E-state index contributed by atoms with van der Waals surface area (Å²) in [6.45, 7) is 0. The van der Waals surface area contributed by atoms with E-state index in [4.69, 9.17) is 5.11 Å². The minimum absolute atomic E-state index is 0.0261. The number of rotatable bonds is 2. The van der Waals surface area contributed by atoms with Crippen LogP contribution in [0, 0.1) is 0 Å². The lowest BCUT2D eigenvalue weighted by atomic mass is 10.2. The minimum atomic E-state index is -1.03. The van der Waals surface area contributed by atoms with Gasteiger partial charge in [0.1, 0.15) is 11.4 Å². The van der Waals surface area contributed by atoms with Crippen molar-refractivity contribution >= 4 is 5.97 Å². The van der Waals surface area contributed by atoms with Crippen molar-refractivity contribution in [3.8, 4) is 11.4 Å². The molecule has 5 nitrogen and oxygen atoms in total. The maximum Gasteiger partial charge on any atom is 0.354 e.